The largest absolute Gasteiger partial charge is 0.392 e. The number of hydrogen-bond donors (Lipinski definition) is 1. The van der Waals surface area contributed by atoms with E-state index in [1.54, 1.807) is 0 Å². The number of aliphatic hydroxyl groups is 1. The summed E-state index contributed by atoms with van der Waals surface area (Å²) in [5.41, 5.74) is 2.62. The molecule has 0 bridgehead atoms. The normalized spacial score (nSPS) is 17.8. The maximum atomic E-state index is 9.48. The lowest BCUT2D eigenvalue weighted by Gasteiger charge is -2.40. The van der Waals surface area contributed by atoms with E-state index in [-0.39, 0.29) is 6.61 Å². The minimum absolute atomic E-state index is 0.113. The van der Waals surface area contributed by atoms with Crippen LogP contribution >= 0.6 is 15.9 Å². The molecule has 1 fully saturated rings. The molecule has 0 atom stereocenters. The molecular formula is C16H24BrNO. The van der Waals surface area contributed by atoms with E-state index in [1.165, 1.54) is 18.5 Å². The molecule has 0 aliphatic carbocycles. The Morgan fingerprint density at radius 2 is 1.89 bits per heavy atom. The van der Waals surface area contributed by atoms with E-state index >= 15 is 0 Å². The van der Waals surface area contributed by atoms with Gasteiger partial charge in [0, 0.05) is 28.8 Å². The van der Waals surface area contributed by atoms with Gasteiger partial charge in [0.15, 0.2) is 0 Å². The van der Waals surface area contributed by atoms with E-state index < -0.39 is 0 Å². The molecule has 1 heterocycles. The third-order valence-corrected chi connectivity index (χ3v) is 4.77. The van der Waals surface area contributed by atoms with Crippen molar-refractivity contribution in [1.82, 2.24) is 0 Å². The summed E-state index contributed by atoms with van der Waals surface area (Å²) < 4.78 is 1.08. The number of aliphatic hydroxyl groups excluding tert-OH is 1. The molecule has 106 valence electrons. The van der Waals surface area contributed by atoms with Crippen LogP contribution in [0.2, 0.25) is 0 Å². The number of rotatable bonds is 2. The summed E-state index contributed by atoms with van der Waals surface area (Å²) in [7, 11) is 0. The van der Waals surface area contributed by atoms with Crippen molar-refractivity contribution in [2.45, 2.75) is 40.2 Å². The van der Waals surface area contributed by atoms with Crippen LogP contribution in [0.3, 0.4) is 0 Å². The first kappa shape index (κ1) is 14.9. The highest BCUT2D eigenvalue weighted by Crippen LogP contribution is 2.36. The molecule has 0 aromatic heterocycles. The van der Waals surface area contributed by atoms with Gasteiger partial charge in [-0.15, -0.1) is 0 Å². The first-order valence-corrected chi connectivity index (χ1v) is 7.85. The number of piperidine rings is 1. The molecule has 1 aliphatic rings. The van der Waals surface area contributed by atoms with Crippen LogP contribution in [0.4, 0.5) is 5.69 Å². The van der Waals surface area contributed by atoms with Gasteiger partial charge in [0.25, 0.3) is 0 Å². The fraction of sp³-hybridized carbons (Fsp3) is 0.625. The van der Waals surface area contributed by atoms with Crippen LogP contribution in [0.15, 0.2) is 22.7 Å². The van der Waals surface area contributed by atoms with Crippen molar-refractivity contribution in [2.75, 3.05) is 18.0 Å². The molecule has 1 aromatic rings. The zero-order chi connectivity index (χ0) is 14.0. The van der Waals surface area contributed by atoms with Crippen molar-refractivity contribution in [3.8, 4) is 0 Å². The molecule has 2 nitrogen and oxygen atoms in total. The quantitative estimate of drug-likeness (QED) is 0.880. The van der Waals surface area contributed by atoms with Gasteiger partial charge in [0.2, 0.25) is 0 Å². The second-order valence-corrected chi connectivity index (χ2v) is 7.47. The van der Waals surface area contributed by atoms with Gasteiger partial charge in [-0.05, 0) is 36.3 Å². The summed E-state index contributed by atoms with van der Waals surface area (Å²) in [6, 6.07) is 6.13. The van der Waals surface area contributed by atoms with E-state index in [2.05, 4.69) is 47.7 Å². The second kappa shape index (κ2) is 5.84. The van der Waals surface area contributed by atoms with Crippen LogP contribution in [-0.2, 0) is 6.61 Å². The van der Waals surface area contributed by atoms with E-state index in [0.717, 1.165) is 29.0 Å². The summed E-state index contributed by atoms with van der Waals surface area (Å²) in [5, 5.41) is 9.48. The van der Waals surface area contributed by atoms with Crippen LogP contribution in [0.25, 0.3) is 0 Å². The fourth-order valence-corrected chi connectivity index (χ4v) is 3.30. The Hall–Kier alpha value is -0.540. The minimum Gasteiger partial charge on any atom is -0.392 e. The summed E-state index contributed by atoms with van der Waals surface area (Å²) in [4.78, 5) is 2.42. The highest BCUT2D eigenvalue weighted by Gasteiger charge is 2.29. The van der Waals surface area contributed by atoms with E-state index in [0.29, 0.717) is 5.41 Å². The first-order valence-electron chi connectivity index (χ1n) is 7.06. The highest BCUT2D eigenvalue weighted by molar-refractivity contribution is 9.10. The number of benzene rings is 1. The molecule has 0 spiro atoms. The van der Waals surface area contributed by atoms with Crippen LogP contribution in [-0.4, -0.2) is 18.2 Å². The van der Waals surface area contributed by atoms with Crippen molar-refractivity contribution in [1.29, 1.82) is 0 Å². The Morgan fingerprint density at radius 1 is 1.26 bits per heavy atom. The van der Waals surface area contributed by atoms with Crippen LogP contribution < -0.4 is 4.90 Å². The van der Waals surface area contributed by atoms with Crippen molar-refractivity contribution in [2.24, 2.45) is 11.3 Å². The summed E-state index contributed by atoms with van der Waals surface area (Å²) >= 11 is 3.53. The second-order valence-electron chi connectivity index (χ2n) is 6.56. The number of nitrogens with zero attached hydrogens (tertiary/aromatic N) is 1. The zero-order valence-electron chi connectivity index (χ0n) is 12.1. The van der Waals surface area contributed by atoms with Crippen LogP contribution in [0, 0.1) is 11.3 Å². The molecule has 1 aliphatic heterocycles. The SMILES string of the molecule is CC(C)(C)C1CCN(c2cc(Br)ccc2CO)CC1. The molecule has 0 unspecified atom stereocenters. The predicted molar refractivity (Wildman–Crippen MR) is 84.5 cm³/mol. The summed E-state index contributed by atoms with van der Waals surface area (Å²) in [5.74, 6) is 0.800. The molecule has 1 saturated heterocycles. The van der Waals surface area contributed by atoms with Gasteiger partial charge in [-0.25, -0.2) is 0 Å². The third kappa shape index (κ3) is 3.51. The molecule has 1 N–H and O–H groups in total. The summed E-state index contributed by atoms with van der Waals surface area (Å²) in [6.07, 6.45) is 2.47. The molecule has 2 rings (SSSR count). The number of hydrogen-bond acceptors (Lipinski definition) is 2. The Kier molecular flexibility index (Phi) is 4.57. The lowest BCUT2D eigenvalue weighted by Crippen LogP contribution is -2.38. The maximum absolute atomic E-state index is 9.48. The highest BCUT2D eigenvalue weighted by atomic mass is 79.9. The minimum atomic E-state index is 0.113. The maximum Gasteiger partial charge on any atom is 0.0702 e. The monoisotopic (exact) mass is 325 g/mol. The van der Waals surface area contributed by atoms with Crippen molar-refractivity contribution < 1.29 is 5.11 Å². The van der Waals surface area contributed by atoms with Gasteiger partial charge in [0.1, 0.15) is 0 Å². The smallest absolute Gasteiger partial charge is 0.0702 e. The van der Waals surface area contributed by atoms with Crippen LogP contribution in [0.1, 0.15) is 39.2 Å². The van der Waals surface area contributed by atoms with Gasteiger partial charge < -0.3 is 10.0 Å². The van der Waals surface area contributed by atoms with Crippen molar-refractivity contribution in [3.63, 3.8) is 0 Å². The Bertz CT molecular complexity index is 431. The lowest BCUT2D eigenvalue weighted by atomic mass is 9.75. The molecule has 1 aromatic carbocycles. The standard InChI is InChI=1S/C16H24BrNO/c1-16(2,3)13-6-8-18(9-7-13)15-10-14(17)5-4-12(15)11-19/h4-5,10,13,19H,6-9,11H2,1-3H3. The average Bonchev–Trinajstić information content (AvgIpc) is 2.38. The van der Waals surface area contributed by atoms with Gasteiger partial charge >= 0.3 is 0 Å². The molecule has 3 heteroatoms. The molecule has 0 radical (unpaired) electrons. The van der Waals surface area contributed by atoms with Crippen molar-refractivity contribution >= 4 is 21.6 Å². The van der Waals surface area contributed by atoms with Crippen molar-refractivity contribution in [3.05, 3.63) is 28.2 Å². The zero-order valence-corrected chi connectivity index (χ0v) is 13.7. The van der Waals surface area contributed by atoms with Gasteiger partial charge in [0.05, 0.1) is 6.61 Å². The Morgan fingerprint density at radius 3 is 2.42 bits per heavy atom. The number of halogens is 1. The third-order valence-electron chi connectivity index (χ3n) is 4.28. The average molecular weight is 326 g/mol. The molecule has 0 saturated carbocycles. The first-order chi connectivity index (χ1) is 8.91. The van der Waals surface area contributed by atoms with Gasteiger partial charge in [-0.1, -0.05) is 42.8 Å². The molecular weight excluding hydrogens is 302 g/mol. The predicted octanol–water partition coefficient (Wildman–Crippen LogP) is 4.20. The number of anilines is 1. The van der Waals surface area contributed by atoms with E-state index in [9.17, 15) is 5.11 Å². The van der Waals surface area contributed by atoms with Gasteiger partial charge in [-0.2, -0.15) is 0 Å². The Labute approximate surface area is 124 Å². The molecule has 19 heavy (non-hydrogen) atoms. The van der Waals surface area contributed by atoms with Gasteiger partial charge in [-0.3, -0.25) is 0 Å². The van der Waals surface area contributed by atoms with E-state index in [1.807, 2.05) is 12.1 Å². The topological polar surface area (TPSA) is 23.5 Å². The molecule has 0 amide bonds. The lowest BCUT2D eigenvalue weighted by molar-refractivity contribution is 0.198. The van der Waals surface area contributed by atoms with E-state index in [4.69, 9.17) is 0 Å². The Balaban J connectivity index is 2.11. The summed E-state index contributed by atoms with van der Waals surface area (Å²) in [6.45, 7) is 9.31. The van der Waals surface area contributed by atoms with Crippen LogP contribution in [0.5, 0.6) is 0 Å². The fourth-order valence-electron chi connectivity index (χ4n) is 2.95.